The van der Waals surface area contributed by atoms with Crippen LogP contribution in [0.2, 0.25) is 0 Å². The summed E-state index contributed by atoms with van der Waals surface area (Å²) >= 11 is 0. The maximum absolute atomic E-state index is 5.87. The number of hydrogen-bond acceptors (Lipinski definition) is 2. The lowest BCUT2D eigenvalue weighted by Gasteiger charge is -2.40. The van der Waals surface area contributed by atoms with E-state index < -0.39 is 0 Å². The van der Waals surface area contributed by atoms with Crippen LogP contribution < -0.4 is 5.73 Å². The van der Waals surface area contributed by atoms with Crippen LogP contribution in [0.4, 0.5) is 0 Å². The van der Waals surface area contributed by atoms with Gasteiger partial charge in [0.05, 0.1) is 26.2 Å². The van der Waals surface area contributed by atoms with E-state index in [-0.39, 0.29) is 0 Å². The molecule has 0 aromatic heterocycles. The number of quaternary nitrogens is 1. The fourth-order valence-electron chi connectivity index (χ4n) is 3.21. The molecule has 116 valence electrons. The van der Waals surface area contributed by atoms with E-state index in [2.05, 4.69) is 32.6 Å². The van der Waals surface area contributed by atoms with E-state index in [1.165, 1.54) is 69.4 Å². The lowest BCUT2D eigenvalue weighted by atomic mass is 10.2. The Balaban J connectivity index is 4.49. The van der Waals surface area contributed by atoms with Gasteiger partial charge >= 0.3 is 0 Å². The van der Waals surface area contributed by atoms with Crippen molar-refractivity contribution in [1.29, 1.82) is 0 Å². The van der Waals surface area contributed by atoms with Crippen LogP contribution in [-0.2, 0) is 0 Å². The second kappa shape index (κ2) is 11.7. The molecule has 0 spiro atoms. The highest BCUT2D eigenvalue weighted by Gasteiger charge is 2.25. The van der Waals surface area contributed by atoms with E-state index in [0.717, 1.165) is 13.1 Å². The minimum atomic E-state index is 0.821. The first kappa shape index (κ1) is 18.9. The second-order valence-electron chi connectivity index (χ2n) is 5.87. The van der Waals surface area contributed by atoms with Crippen molar-refractivity contribution in [2.24, 2.45) is 5.73 Å². The van der Waals surface area contributed by atoms with E-state index in [9.17, 15) is 0 Å². The Labute approximate surface area is 121 Å². The molecule has 0 aliphatic carbocycles. The third kappa shape index (κ3) is 7.91. The Morgan fingerprint density at radius 2 is 1.21 bits per heavy atom. The Morgan fingerprint density at radius 3 is 1.58 bits per heavy atom. The summed E-state index contributed by atoms with van der Waals surface area (Å²) in [6.07, 6.45) is 5.06. The number of rotatable bonds is 13. The van der Waals surface area contributed by atoms with Crippen molar-refractivity contribution < 1.29 is 4.48 Å². The lowest BCUT2D eigenvalue weighted by molar-refractivity contribution is -0.926. The molecule has 0 amide bonds. The van der Waals surface area contributed by atoms with Crippen LogP contribution in [0.1, 0.15) is 53.4 Å². The molecule has 0 aromatic carbocycles. The zero-order valence-electron chi connectivity index (χ0n) is 14.0. The Morgan fingerprint density at radius 1 is 0.684 bits per heavy atom. The molecule has 0 radical (unpaired) electrons. The van der Waals surface area contributed by atoms with Gasteiger partial charge in [-0.25, -0.2) is 0 Å². The van der Waals surface area contributed by atoms with Crippen molar-refractivity contribution in [3.05, 3.63) is 0 Å². The van der Waals surface area contributed by atoms with Crippen molar-refractivity contribution in [3.63, 3.8) is 0 Å². The summed E-state index contributed by atoms with van der Waals surface area (Å²) in [6.45, 7) is 18.7. The van der Waals surface area contributed by atoms with Crippen LogP contribution >= 0.6 is 0 Å². The van der Waals surface area contributed by atoms with Gasteiger partial charge in [0, 0.05) is 13.1 Å². The normalized spacial score (nSPS) is 12.3. The molecule has 2 N–H and O–H groups in total. The van der Waals surface area contributed by atoms with Crippen molar-refractivity contribution in [2.45, 2.75) is 53.4 Å². The molecule has 3 heteroatoms. The van der Waals surface area contributed by atoms with Crippen molar-refractivity contribution in [2.75, 3.05) is 52.4 Å². The molecular weight excluding hydrogens is 234 g/mol. The van der Waals surface area contributed by atoms with Gasteiger partial charge in [-0.15, -0.1) is 0 Å². The van der Waals surface area contributed by atoms with Crippen LogP contribution in [0, 0.1) is 0 Å². The smallest absolute Gasteiger partial charge is 0.0916 e. The minimum Gasteiger partial charge on any atom is -0.326 e. The third-order valence-corrected chi connectivity index (χ3v) is 3.97. The molecule has 0 aliphatic heterocycles. The monoisotopic (exact) mass is 272 g/mol. The van der Waals surface area contributed by atoms with Gasteiger partial charge in [0.25, 0.3) is 0 Å². The number of nitrogens with two attached hydrogens (primary N) is 1. The molecule has 0 heterocycles. The first-order chi connectivity index (χ1) is 9.17. The summed E-state index contributed by atoms with van der Waals surface area (Å²) in [7, 11) is 0. The minimum absolute atomic E-state index is 0.821. The van der Waals surface area contributed by atoms with Crippen LogP contribution in [-0.4, -0.2) is 61.7 Å². The van der Waals surface area contributed by atoms with Crippen LogP contribution in [0.3, 0.4) is 0 Å². The first-order valence-electron chi connectivity index (χ1n) is 8.45. The van der Waals surface area contributed by atoms with Crippen molar-refractivity contribution in [1.82, 2.24) is 4.90 Å². The van der Waals surface area contributed by atoms with E-state index in [0.29, 0.717) is 0 Å². The predicted molar refractivity (Wildman–Crippen MR) is 86.4 cm³/mol. The molecular formula is C16H38N3+. The van der Waals surface area contributed by atoms with Crippen LogP contribution in [0.5, 0.6) is 0 Å². The van der Waals surface area contributed by atoms with Gasteiger partial charge in [-0.2, -0.15) is 0 Å². The summed E-state index contributed by atoms with van der Waals surface area (Å²) in [5.41, 5.74) is 5.87. The predicted octanol–water partition coefficient (Wildman–Crippen LogP) is 2.70. The van der Waals surface area contributed by atoms with Crippen LogP contribution in [0.15, 0.2) is 0 Å². The third-order valence-electron chi connectivity index (χ3n) is 3.97. The van der Waals surface area contributed by atoms with Gasteiger partial charge in [0.2, 0.25) is 0 Å². The molecule has 0 fully saturated rings. The Bertz CT molecular complexity index is 171. The summed E-state index contributed by atoms with van der Waals surface area (Å²) in [5.74, 6) is 0. The Hall–Kier alpha value is -0.120. The summed E-state index contributed by atoms with van der Waals surface area (Å²) in [4.78, 5) is 2.63. The molecule has 0 saturated heterocycles. The second-order valence-corrected chi connectivity index (χ2v) is 5.87. The average molecular weight is 273 g/mol. The molecule has 0 rings (SSSR count). The van der Waals surface area contributed by atoms with Gasteiger partial charge in [-0.3, -0.25) is 4.90 Å². The zero-order chi connectivity index (χ0) is 14.6. The highest BCUT2D eigenvalue weighted by atomic mass is 15.4. The van der Waals surface area contributed by atoms with Crippen molar-refractivity contribution >= 4 is 0 Å². The maximum atomic E-state index is 5.87. The fourth-order valence-corrected chi connectivity index (χ4v) is 3.21. The molecule has 0 aliphatic rings. The molecule has 0 atom stereocenters. The molecule has 0 saturated carbocycles. The number of hydrogen-bond donors (Lipinski definition) is 1. The fraction of sp³-hybridized carbons (Fsp3) is 1.00. The van der Waals surface area contributed by atoms with Crippen molar-refractivity contribution in [3.8, 4) is 0 Å². The lowest BCUT2D eigenvalue weighted by Crippen LogP contribution is -2.55. The SMILES string of the molecule is CCCN(CCC)CC[N+](CCC)(CCC)CCN. The summed E-state index contributed by atoms with van der Waals surface area (Å²) < 4.78 is 1.23. The summed E-state index contributed by atoms with van der Waals surface area (Å²) in [6, 6.07) is 0. The van der Waals surface area contributed by atoms with Gasteiger partial charge in [0.1, 0.15) is 0 Å². The topological polar surface area (TPSA) is 29.3 Å². The van der Waals surface area contributed by atoms with E-state index in [4.69, 9.17) is 5.73 Å². The first-order valence-corrected chi connectivity index (χ1v) is 8.45. The molecule has 19 heavy (non-hydrogen) atoms. The standard InChI is InChI=1S/C16H38N3/c1-5-10-18(11-6-2)12-16-19(13-7-3,14-8-4)15-9-17/h5-17H2,1-4H3/q+1. The zero-order valence-corrected chi connectivity index (χ0v) is 14.0. The molecule has 3 nitrogen and oxygen atoms in total. The van der Waals surface area contributed by atoms with E-state index in [1.807, 2.05) is 0 Å². The maximum Gasteiger partial charge on any atom is 0.0916 e. The highest BCUT2D eigenvalue weighted by molar-refractivity contribution is 4.57. The Kier molecular flexibility index (Phi) is 11.6. The number of nitrogens with zero attached hydrogens (tertiary/aromatic N) is 2. The largest absolute Gasteiger partial charge is 0.326 e. The van der Waals surface area contributed by atoms with Gasteiger partial charge in [-0.1, -0.05) is 27.7 Å². The van der Waals surface area contributed by atoms with Gasteiger partial charge in [-0.05, 0) is 38.8 Å². The molecule has 0 aromatic rings. The summed E-state index contributed by atoms with van der Waals surface area (Å²) in [5, 5.41) is 0. The van der Waals surface area contributed by atoms with Gasteiger partial charge in [0.15, 0.2) is 0 Å². The van der Waals surface area contributed by atoms with Gasteiger partial charge < -0.3 is 10.2 Å². The molecule has 0 bridgehead atoms. The average Bonchev–Trinajstić information content (AvgIpc) is 2.37. The van der Waals surface area contributed by atoms with E-state index >= 15 is 0 Å². The highest BCUT2D eigenvalue weighted by Crippen LogP contribution is 2.10. The van der Waals surface area contributed by atoms with E-state index in [1.54, 1.807) is 0 Å². The van der Waals surface area contributed by atoms with Crippen LogP contribution in [0.25, 0.3) is 0 Å². The quantitative estimate of drug-likeness (QED) is 0.522. The molecule has 0 unspecified atom stereocenters.